The van der Waals surface area contributed by atoms with Gasteiger partial charge in [0.15, 0.2) is 11.5 Å². The molecule has 1 aliphatic rings. The Morgan fingerprint density at radius 1 is 1.27 bits per heavy atom. The van der Waals surface area contributed by atoms with Crippen molar-refractivity contribution < 1.29 is 19.0 Å². The summed E-state index contributed by atoms with van der Waals surface area (Å²) in [5, 5.41) is 9.33. The monoisotopic (exact) mass is 212 g/mol. The zero-order valence-electron chi connectivity index (χ0n) is 8.87. The quantitative estimate of drug-likeness (QED) is 0.776. The first-order valence-electron chi connectivity index (χ1n) is 4.78. The Kier molecular flexibility index (Phi) is 2.12. The molecule has 1 aromatic carbocycles. The summed E-state index contributed by atoms with van der Waals surface area (Å²) in [4.78, 5) is 0. The summed E-state index contributed by atoms with van der Waals surface area (Å²) in [7, 11) is 0. The summed E-state index contributed by atoms with van der Waals surface area (Å²) in [6.45, 7) is 4.99. The predicted molar refractivity (Wildman–Crippen MR) is 52.4 cm³/mol. The Morgan fingerprint density at radius 3 is 2.33 bits per heavy atom. The standard InChI is InChI=1S/C11H13FO3/c1-6(13)7-4-9-10(5-8(7)12)15-11(2,3)14-9/h4-6,13H,1-3H3. The summed E-state index contributed by atoms with van der Waals surface area (Å²) >= 11 is 0. The largest absolute Gasteiger partial charge is 0.449 e. The number of ether oxygens (including phenoxy) is 2. The number of benzene rings is 1. The van der Waals surface area contributed by atoms with Crippen LogP contribution < -0.4 is 9.47 Å². The van der Waals surface area contributed by atoms with Gasteiger partial charge in [-0.25, -0.2) is 4.39 Å². The van der Waals surface area contributed by atoms with Gasteiger partial charge in [0.05, 0.1) is 6.10 Å². The lowest BCUT2D eigenvalue weighted by molar-refractivity contribution is -0.0432. The molecule has 1 heterocycles. The van der Waals surface area contributed by atoms with E-state index in [4.69, 9.17) is 9.47 Å². The Balaban J connectivity index is 2.45. The molecule has 82 valence electrons. The normalized spacial score (nSPS) is 19.0. The van der Waals surface area contributed by atoms with Gasteiger partial charge in [-0.05, 0) is 13.0 Å². The van der Waals surface area contributed by atoms with Crippen LogP contribution in [0, 0.1) is 5.82 Å². The number of aliphatic hydroxyl groups excluding tert-OH is 1. The number of halogens is 1. The van der Waals surface area contributed by atoms with Crippen molar-refractivity contribution >= 4 is 0 Å². The lowest BCUT2D eigenvalue weighted by atomic mass is 10.1. The summed E-state index contributed by atoms with van der Waals surface area (Å²) in [5.41, 5.74) is 0.218. The zero-order valence-corrected chi connectivity index (χ0v) is 8.87. The molecule has 0 bridgehead atoms. The minimum atomic E-state index is -0.859. The van der Waals surface area contributed by atoms with E-state index in [2.05, 4.69) is 0 Å². The third-order valence-electron chi connectivity index (χ3n) is 2.22. The van der Waals surface area contributed by atoms with Crippen molar-refractivity contribution in [1.82, 2.24) is 0 Å². The van der Waals surface area contributed by atoms with Crippen molar-refractivity contribution in [3.8, 4) is 11.5 Å². The maximum atomic E-state index is 13.5. The van der Waals surface area contributed by atoms with Crippen molar-refractivity contribution in [1.29, 1.82) is 0 Å². The maximum Gasteiger partial charge on any atom is 0.246 e. The molecule has 1 unspecified atom stereocenters. The van der Waals surface area contributed by atoms with Crippen molar-refractivity contribution in [3.63, 3.8) is 0 Å². The Bertz CT molecular complexity index is 399. The van der Waals surface area contributed by atoms with Gasteiger partial charge in [0.2, 0.25) is 5.79 Å². The molecule has 2 rings (SSSR count). The van der Waals surface area contributed by atoms with Crippen LogP contribution >= 0.6 is 0 Å². The van der Waals surface area contributed by atoms with Gasteiger partial charge in [0.25, 0.3) is 0 Å². The molecule has 0 saturated carbocycles. The molecule has 0 aliphatic carbocycles. The molecule has 0 radical (unpaired) electrons. The third-order valence-corrected chi connectivity index (χ3v) is 2.22. The van der Waals surface area contributed by atoms with E-state index in [0.717, 1.165) is 0 Å². The highest BCUT2D eigenvalue weighted by Gasteiger charge is 2.33. The molecule has 0 amide bonds. The number of rotatable bonds is 1. The van der Waals surface area contributed by atoms with E-state index in [1.165, 1.54) is 19.1 Å². The van der Waals surface area contributed by atoms with Gasteiger partial charge >= 0.3 is 0 Å². The topological polar surface area (TPSA) is 38.7 Å². The fourth-order valence-electron chi connectivity index (χ4n) is 1.58. The maximum absolute atomic E-state index is 13.5. The first-order chi connectivity index (χ1) is 6.89. The van der Waals surface area contributed by atoms with Gasteiger partial charge in [0, 0.05) is 25.5 Å². The molecule has 3 nitrogen and oxygen atoms in total. The van der Waals surface area contributed by atoms with Gasteiger partial charge in [-0.15, -0.1) is 0 Å². The molecule has 1 atom stereocenters. The molecule has 1 N–H and O–H groups in total. The molecule has 4 heteroatoms. The fourth-order valence-corrected chi connectivity index (χ4v) is 1.58. The van der Waals surface area contributed by atoms with Crippen molar-refractivity contribution in [2.45, 2.75) is 32.7 Å². The SMILES string of the molecule is CC(O)c1cc2c(cc1F)OC(C)(C)O2. The number of hydrogen-bond donors (Lipinski definition) is 1. The lowest BCUT2D eigenvalue weighted by Gasteiger charge is -2.16. The van der Waals surface area contributed by atoms with Crippen LogP contribution in [0.25, 0.3) is 0 Å². The average molecular weight is 212 g/mol. The molecule has 1 aromatic rings. The zero-order chi connectivity index (χ0) is 11.2. The van der Waals surface area contributed by atoms with Crippen LogP contribution in [0.3, 0.4) is 0 Å². The first kappa shape index (κ1) is 10.2. The predicted octanol–water partition coefficient (Wildman–Crippen LogP) is 2.39. The van der Waals surface area contributed by atoms with Gasteiger partial charge in [-0.2, -0.15) is 0 Å². The lowest BCUT2D eigenvalue weighted by Crippen LogP contribution is -2.29. The average Bonchev–Trinajstić information content (AvgIpc) is 2.36. The van der Waals surface area contributed by atoms with Crippen LogP contribution in [0.2, 0.25) is 0 Å². The summed E-state index contributed by atoms with van der Waals surface area (Å²) in [6.07, 6.45) is -0.859. The molecule has 0 aromatic heterocycles. The summed E-state index contributed by atoms with van der Waals surface area (Å²) in [5.74, 6) is -0.407. The highest BCUT2D eigenvalue weighted by molar-refractivity contribution is 5.46. The second-order valence-electron chi connectivity index (χ2n) is 4.10. The minimum Gasteiger partial charge on any atom is -0.449 e. The summed E-state index contributed by atoms with van der Waals surface area (Å²) in [6, 6.07) is 2.72. The van der Waals surface area contributed by atoms with E-state index in [0.29, 0.717) is 11.5 Å². The van der Waals surface area contributed by atoms with E-state index < -0.39 is 17.7 Å². The smallest absolute Gasteiger partial charge is 0.246 e. The van der Waals surface area contributed by atoms with Gasteiger partial charge < -0.3 is 14.6 Å². The van der Waals surface area contributed by atoms with Gasteiger partial charge in [-0.1, -0.05) is 0 Å². The van der Waals surface area contributed by atoms with Crippen LogP contribution in [0.1, 0.15) is 32.4 Å². The van der Waals surface area contributed by atoms with E-state index in [1.54, 1.807) is 13.8 Å². The van der Waals surface area contributed by atoms with Crippen LogP contribution in [0.15, 0.2) is 12.1 Å². The van der Waals surface area contributed by atoms with E-state index in [9.17, 15) is 9.50 Å². The highest BCUT2D eigenvalue weighted by Crippen LogP contribution is 2.41. The Morgan fingerprint density at radius 2 is 1.80 bits per heavy atom. The molecule has 0 saturated heterocycles. The third kappa shape index (κ3) is 1.77. The molecule has 1 aliphatic heterocycles. The molecule has 15 heavy (non-hydrogen) atoms. The fraction of sp³-hybridized carbons (Fsp3) is 0.455. The number of aliphatic hydroxyl groups is 1. The minimum absolute atomic E-state index is 0.218. The highest BCUT2D eigenvalue weighted by atomic mass is 19.1. The van der Waals surface area contributed by atoms with Crippen LogP contribution in [-0.4, -0.2) is 10.9 Å². The van der Waals surface area contributed by atoms with Crippen molar-refractivity contribution in [3.05, 3.63) is 23.5 Å². The molecular weight excluding hydrogens is 199 g/mol. The molecular formula is C11H13FO3. The van der Waals surface area contributed by atoms with Gasteiger partial charge in [0.1, 0.15) is 5.82 Å². The van der Waals surface area contributed by atoms with Crippen molar-refractivity contribution in [2.75, 3.05) is 0 Å². The molecule has 0 spiro atoms. The number of fused-ring (bicyclic) bond motifs is 1. The second-order valence-corrected chi connectivity index (χ2v) is 4.10. The Hall–Kier alpha value is -1.29. The van der Waals surface area contributed by atoms with E-state index in [-0.39, 0.29) is 5.56 Å². The van der Waals surface area contributed by atoms with E-state index in [1.807, 2.05) is 0 Å². The van der Waals surface area contributed by atoms with Crippen molar-refractivity contribution in [2.24, 2.45) is 0 Å². The van der Waals surface area contributed by atoms with Crippen LogP contribution in [0.4, 0.5) is 4.39 Å². The van der Waals surface area contributed by atoms with E-state index >= 15 is 0 Å². The summed E-state index contributed by atoms with van der Waals surface area (Å²) < 4.78 is 24.3. The number of hydrogen-bond acceptors (Lipinski definition) is 3. The Labute approximate surface area is 87.4 Å². The van der Waals surface area contributed by atoms with Crippen LogP contribution in [0.5, 0.6) is 11.5 Å². The second kappa shape index (κ2) is 3.10. The van der Waals surface area contributed by atoms with Crippen LogP contribution in [-0.2, 0) is 0 Å². The first-order valence-corrected chi connectivity index (χ1v) is 4.78. The molecule has 0 fully saturated rings. The van der Waals surface area contributed by atoms with Gasteiger partial charge in [-0.3, -0.25) is 0 Å².